The van der Waals surface area contributed by atoms with E-state index in [1.807, 2.05) is 30.3 Å². The Morgan fingerprint density at radius 2 is 1.90 bits per heavy atom. The molecule has 0 fully saturated rings. The van der Waals surface area contributed by atoms with Gasteiger partial charge in [0.25, 0.3) is 5.91 Å². The van der Waals surface area contributed by atoms with Gasteiger partial charge in [-0.25, -0.2) is 4.98 Å². The van der Waals surface area contributed by atoms with Gasteiger partial charge in [-0.2, -0.15) is 0 Å². The van der Waals surface area contributed by atoms with Crippen molar-refractivity contribution >= 4 is 18.9 Å². The fraction of sp³-hybridized carbons (Fsp3) is 0.450. The van der Waals surface area contributed by atoms with E-state index in [0.717, 1.165) is 12.0 Å². The van der Waals surface area contributed by atoms with Crippen molar-refractivity contribution in [2.45, 2.75) is 45.1 Å². The number of carbonyl (C=O) groups is 2. The van der Waals surface area contributed by atoms with Crippen molar-refractivity contribution in [2.75, 3.05) is 13.7 Å². The van der Waals surface area contributed by atoms with Gasteiger partial charge in [0.1, 0.15) is 6.04 Å². The lowest BCUT2D eigenvalue weighted by atomic mass is 9.76. The highest BCUT2D eigenvalue weighted by Gasteiger charge is 2.30. The summed E-state index contributed by atoms with van der Waals surface area (Å²) in [6.45, 7) is 3.15. The second-order valence-electron chi connectivity index (χ2n) is 7.04. The molecule has 0 aliphatic rings. The highest BCUT2D eigenvalue weighted by molar-refractivity contribution is 6.43. The zero-order valence-corrected chi connectivity index (χ0v) is 17.4. The first-order chi connectivity index (χ1) is 14.3. The Morgan fingerprint density at radius 3 is 2.47 bits per heavy atom. The van der Waals surface area contributed by atoms with E-state index < -0.39 is 30.9 Å². The molecule has 162 valence electrons. The van der Waals surface area contributed by atoms with Crippen molar-refractivity contribution in [1.29, 1.82) is 0 Å². The SMILES string of the molecule is COC[C@@H](NC(=O)c1oc(C)nc1C)C(=O)N[C@@H](CCCc1ccccc1)B(O)O. The molecule has 9 nitrogen and oxygen atoms in total. The van der Waals surface area contributed by atoms with Crippen LogP contribution in [0.1, 0.15) is 40.5 Å². The van der Waals surface area contributed by atoms with Crippen LogP contribution in [0.25, 0.3) is 0 Å². The van der Waals surface area contributed by atoms with E-state index in [9.17, 15) is 19.6 Å². The van der Waals surface area contributed by atoms with Crippen LogP contribution in [0, 0.1) is 13.8 Å². The Morgan fingerprint density at radius 1 is 1.20 bits per heavy atom. The molecule has 1 heterocycles. The zero-order valence-electron chi connectivity index (χ0n) is 17.4. The van der Waals surface area contributed by atoms with Crippen molar-refractivity contribution in [3.63, 3.8) is 0 Å². The minimum absolute atomic E-state index is 0.0167. The molecular weight excluding hydrogens is 389 g/mol. The number of rotatable bonds is 11. The zero-order chi connectivity index (χ0) is 22.1. The van der Waals surface area contributed by atoms with Crippen LogP contribution in [0.15, 0.2) is 34.7 Å². The third-order valence-electron chi connectivity index (χ3n) is 4.58. The number of ether oxygens (including phenoxy) is 1. The summed E-state index contributed by atoms with van der Waals surface area (Å²) in [6, 6.07) is 8.73. The maximum atomic E-state index is 12.7. The minimum atomic E-state index is -1.73. The van der Waals surface area contributed by atoms with Crippen molar-refractivity contribution in [1.82, 2.24) is 15.6 Å². The number of aromatic nitrogens is 1. The van der Waals surface area contributed by atoms with Crippen LogP contribution >= 0.6 is 0 Å². The van der Waals surface area contributed by atoms with Gasteiger partial charge in [-0.15, -0.1) is 0 Å². The van der Waals surface area contributed by atoms with Crippen LogP contribution in [0.3, 0.4) is 0 Å². The first kappa shape index (κ1) is 23.6. The number of benzene rings is 1. The third kappa shape index (κ3) is 6.98. The molecule has 0 saturated carbocycles. The Labute approximate surface area is 176 Å². The van der Waals surface area contributed by atoms with E-state index in [0.29, 0.717) is 24.4 Å². The van der Waals surface area contributed by atoms with Gasteiger partial charge < -0.3 is 29.8 Å². The topological polar surface area (TPSA) is 134 Å². The Kier molecular flexibility index (Phi) is 9.03. The van der Waals surface area contributed by atoms with Gasteiger partial charge in [-0.1, -0.05) is 30.3 Å². The average molecular weight is 417 g/mol. The van der Waals surface area contributed by atoms with E-state index >= 15 is 0 Å². The lowest BCUT2D eigenvalue weighted by Gasteiger charge is -2.22. The fourth-order valence-corrected chi connectivity index (χ4v) is 3.07. The molecule has 2 rings (SSSR count). The van der Waals surface area contributed by atoms with Crippen LogP contribution in [0.2, 0.25) is 0 Å². The van der Waals surface area contributed by atoms with E-state index in [-0.39, 0.29) is 12.4 Å². The molecule has 0 bridgehead atoms. The number of hydrogen-bond donors (Lipinski definition) is 4. The molecule has 10 heteroatoms. The molecule has 2 amide bonds. The lowest BCUT2D eigenvalue weighted by Crippen LogP contribution is -2.55. The monoisotopic (exact) mass is 417 g/mol. The summed E-state index contributed by atoms with van der Waals surface area (Å²) in [5.74, 6) is -1.71. The predicted octanol–water partition coefficient (Wildman–Crippen LogP) is 0.556. The molecule has 2 aromatic rings. The van der Waals surface area contributed by atoms with Crippen LogP contribution in [-0.4, -0.2) is 59.7 Å². The van der Waals surface area contributed by atoms with E-state index in [2.05, 4.69) is 15.6 Å². The number of aryl methyl sites for hydroxylation is 3. The van der Waals surface area contributed by atoms with E-state index in [1.165, 1.54) is 7.11 Å². The maximum absolute atomic E-state index is 12.7. The van der Waals surface area contributed by atoms with Crippen LogP contribution in [0.4, 0.5) is 0 Å². The minimum Gasteiger partial charge on any atom is -0.436 e. The number of amides is 2. The first-order valence-electron chi connectivity index (χ1n) is 9.76. The largest absolute Gasteiger partial charge is 0.475 e. The van der Waals surface area contributed by atoms with Crippen molar-refractivity contribution in [3.8, 4) is 0 Å². The van der Waals surface area contributed by atoms with Gasteiger partial charge >= 0.3 is 7.12 Å². The van der Waals surface area contributed by atoms with Crippen molar-refractivity contribution in [3.05, 3.63) is 53.2 Å². The number of methoxy groups -OCH3 is 1. The first-order valence-corrected chi connectivity index (χ1v) is 9.76. The molecule has 0 aliphatic heterocycles. The molecule has 30 heavy (non-hydrogen) atoms. The average Bonchev–Trinajstić information content (AvgIpc) is 3.05. The Bertz CT molecular complexity index is 827. The maximum Gasteiger partial charge on any atom is 0.475 e. The van der Waals surface area contributed by atoms with E-state index in [1.54, 1.807) is 13.8 Å². The number of oxazole rings is 1. The van der Waals surface area contributed by atoms with Crippen molar-refractivity contribution < 1.29 is 28.8 Å². The number of carbonyl (C=O) groups excluding carboxylic acids is 2. The molecule has 0 spiro atoms. The summed E-state index contributed by atoms with van der Waals surface area (Å²) in [5.41, 5.74) is 1.53. The van der Waals surface area contributed by atoms with Crippen LogP contribution in [0.5, 0.6) is 0 Å². The molecule has 4 N–H and O–H groups in total. The molecule has 0 unspecified atom stereocenters. The summed E-state index contributed by atoms with van der Waals surface area (Å²) in [7, 11) is -0.336. The highest BCUT2D eigenvalue weighted by atomic mass is 16.5. The Balaban J connectivity index is 1.96. The second-order valence-corrected chi connectivity index (χ2v) is 7.04. The summed E-state index contributed by atoms with van der Waals surface area (Å²) in [6.07, 6.45) is 1.74. The summed E-state index contributed by atoms with van der Waals surface area (Å²) < 4.78 is 10.3. The smallest absolute Gasteiger partial charge is 0.436 e. The highest BCUT2D eigenvalue weighted by Crippen LogP contribution is 2.10. The summed E-state index contributed by atoms with van der Waals surface area (Å²) in [5, 5.41) is 24.5. The number of nitrogens with zero attached hydrogens (tertiary/aromatic N) is 1. The standard InChI is InChI=1S/C20H28BN3O6/c1-13-18(30-14(2)22-13)20(26)23-16(12-29-3)19(25)24-17(21(27)28)11-7-10-15-8-5-4-6-9-15/h4-6,8-9,16-17,27-28H,7,10-12H2,1-3H3,(H,23,26)(H,24,25)/t16-,17+/m1/s1. The van der Waals surface area contributed by atoms with Gasteiger partial charge in [0.05, 0.1) is 18.2 Å². The molecule has 0 radical (unpaired) electrons. The molecule has 0 saturated heterocycles. The predicted molar refractivity (Wildman–Crippen MR) is 111 cm³/mol. The van der Waals surface area contributed by atoms with E-state index in [4.69, 9.17) is 9.15 Å². The van der Waals surface area contributed by atoms with Crippen LogP contribution in [-0.2, 0) is 16.0 Å². The van der Waals surface area contributed by atoms with Crippen molar-refractivity contribution in [2.24, 2.45) is 0 Å². The number of hydrogen-bond acceptors (Lipinski definition) is 7. The summed E-state index contributed by atoms with van der Waals surface area (Å²) >= 11 is 0. The number of nitrogens with one attached hydrogen (secondary N) is 2. The van der Waals surface area contributed by atoms with Gasteiger partial charge in [0.2, 0.25) is 11.7 Å². The lowest BCUT2D eigenvalue weighted by molar-refractivity contribution is -0.124. The summed E-state index contributed by atoms with van der Waals surface area (Å²) in [4.78, 5) is 29.1. The molecule has 2 atom stereocenters. The van der Waals surface area contributed by atoms with Gasteiger partial charge in [-0.3, -0.25) is 9.59 Å². The molecule has 1 aromatic heterocycles. The quantitative estimate of drug-likeness (QED) is 0.393. The van der Waals surface area contributed by atoms with Gasteiger partial charge in [-0.05, 0) is 31.7 Å². The van der Waals surface area contributed by atoms with Gasteiger partial charge in [0, 0.05) is 14.0 Å². The normalized spacial score (nSPS) is 12.8. The Hall–Kier alpha value is -2.69. The van der Waals surface area contributed by atoms with Crippen LogP contribution < -0.4 is 10.6 Å². The molecular formula is C20H28BN3O6. The molecule has 1 aromatic carbocycles. The van der Waals surface area contributed by atoms with Gasteiger partial charge in [0.15, 0.2) is 5.89 Å². The molecule has 0 aliphatic carbocycles. The second kappa shape index (κ2) is 11.5. The fourth-order valence-electron chi connectivity index (χ4n) is 3.07. The third-order valence-corrected chi connectivity index (χ3v) is 4.58.